The maximum absolute atomic E-state index is 12.8. The molecule has 6 nitrogen and oxygen atoms in total. The highest BCUT2D eigenvalue weighted by atomic mass is 16.5. The fraction of sp³-hybridized carbons (Fsp3) is 0.417. The lowest BCUT2D eigenvalue weighted by Crippen LogP contribution is -2.30. The van der Waals surface area contributed by atoms with Gasteiger partial charge in [-0.2, -0.15) is 0 Å². The summed E-state index contributed by atoms with van der Waals surface area (Å²) in [6.07, 6.45) is 3.78. The van der Waals surface area contributed by atoms with Crippen molar-refractivity contribution in [3.63, 3.8) is 0 Å². The van der Waals surface area contributed by atoms with Crippen molar-refractivity contribution in [2.75, 3.05) is 26.7 Å². The molecule has 3 heterocycles. The van der Waals surface area contributed by atoms with Gasteiger partial charge in [-0.1, -0.05) is 6.07 Å². The van der Waals surface area contributed by atoms with Gasteiger partial charge in [0.2, 0.25) is 0 Å². The molecule has 0 radical (unpaired) electrons. The summed E-state index contributed by atoms with van der Waals surface area (Å²) in [5.74, 6) is 0.840. The van der Waals surface area contributed by atoms with E-state index in [9.17, 15) is 4.79 Å². The van der Waals surface area contributed by atoms with Gasteiger partial charge >= 0.3 is 0 Å². The molecular weight excluding hydrogens is 376 g/mol. The van der Waals surface area contributed by atoms with Crippen molar-refractivity contribution in [2.24, 2.45) is 0 Å². The van der Waals surface area contributed by atoms with Crippen molar-refractivity contribution >= 4 is 16.8 Å². The Morgan fingerprint density at radius 2 is 2.17 bits per heavy atom. The first kappa shape index (κ1) is 20.4. The van der Waals surface area contributed by atoms with Gasteiger partial charge in [0.1, 0.15) is 17.5 Å². The van der Waals surface area contributed by atoms with Crippen LogP contribution in [0, 0.1) is 0 Å². The van der Waals surface area contributed by atoms with E-state index in [2.05, 4.69) is 28.7 Å². The zero-order valence-electron chi connectivity index (χ0n) is 18.0. The number of H-pyrrole nitrogens is 1. The number of fused-ring (bicyclic) bond motifs is 1. The lowest BCUT2D eigenvalue weighted by atomic mass is 10.2. The second-order valence-corrected chi connectivity index (χ2v) is 8.35. The zero-order valence-corrected chi connectivity index (χ0v) is 18.0. The van der Waals surface area contributed by atoms with Gasteiger partial charge in [-0.25, -0.2) is 0 Å². The number of likely N-dealkylation sites (N-methyl/N-ethyl adjacent to an activating group) is 1. The summed E-state index contributed by atoms with van der Waals surface area (Å²) in [4.78, 5) is 24.6. The normalized spacial score (nSPS) is 17.0. The van der Waals surface area contributed by atoms with E-state index in [0.717, 1.165) is 48.3 Å². The third-order valence-electron chi connectivity index (χ3n) is 5.81. The largest absolute Gasteiger partial charge is 0.489 e. The van der Waals surface area contributed by atoms with Gasteiger partial charge in [0.15, 0.2) is 0 Å². The number of nitrogens with zero attached hydrogens (tertiary/aromatic N) is 3. The van der Waals surface area contributed by atoms with Crippen LogP contribution in [-0.4, -0.2) is 64.5 Å². The SMILES string of the molecule is CC(C)N1CCC(Oc2ccc3[nH]c(C(=O)N(C)CCc4ccccn4)cc3c2)C1. The molecule has 1 amide bonds. The van der Waals surface area contributed by atoms with Crippen LogP contribution in [0.3, 0.4) is 0 Å². The Morgan fingerprint density at radius 1 is 1.30 bits per heavy atom. The average Bonchev–Trinajstić information content (AvgIpc) is 3.39. The van der Waals surface area contributed by atoms with Gasteiger partial charge < -0.3 is 14.6 Å². The number of hydrogen-bond donors (Lipinski definition) is 1. The van der Waals surface area contributed by atoms with Crippen molar-refractivity contribution in [3.8, 4) is 5.75 Å². The minimum Gasteiger partial charge on any atom is -0.489 e. The first-order chi connectivity index (χ1) is 14.5. The maximum atomic E-state index is 12.8. The van der Waals surface area contributed by atoms with Crippen LogP contribution in [0.2, 0.25) is 0 Å². The van der Waals surface area contributed by atoms with E-state index in [1.54, 1.807) is 11.1 Å². The Bertz CT molecular complexity index is 999. The second kappa shape index (κ2) is 8.88. The number of rotatable bonds is 7. The molecule has 158 valence electrons. The van der Waals surface area contributed by atoms with Crippen LogP contribution in [0.1, 0.15) is 36.5 Å². The first-order valence-electron chi connectivity index (χ1n) is 10.7. The van der Waals surface area contributed by atoms with Crippen LogP contribution in [0.5, 0.6) is 5.75 Å². The number of carbonyl (C=O) groups is 1. The quantitative estimate of drug-likeness (QED) is 0.649. The number of aromatic amines is 1. The van der Waals surface area contributed by atoms with Crippen LogP contribution in [0.15, 0.2) is 48.7 Å². The molecule has 1 atom stereocenters. The molecule has 0 spiro atoms. The van der Waals surface area contributed by atoms with Crippen LogP contribution < -0.4 is 4.74 Å². The third kappa shape index (κ3) is 4.65. The van der Waals surface area contributed by atoms with Gasteiger partial charge in [0.05, 0.1) is 0 Å². The van der Waals surface area contributed by atoms with Crippen molar-refractivity contribution in [3.05, 3.63) is 60.0 Å². The minimum atomic E-state index is -0.0204. The van der Waals surface area contributed by atoms with Crippen LogP contribution >= 0.6 is 0 Å². The molecular formula is C24H30N4O2. The Kier molecular flexibility index (Phi) is 6.04. The Hall–Kier alpha value is -2.86. The molecule has 0 aliphatic carbocycles. The lowest BCUT2D eigenvalue weighted by Gasteiger charge is -2.20. The van der Waals surface area contributed by atoms with E-state index in [1.807, 2.05) is 49.5 Å². The topological polar surface area (TPSA) is 61.5 Å². The molecule has 6 heteroatoms. The number of ether oxygens (including phenoxy) is 1. The first-order valence-corrected chi connectivity index (χ1v) is 10.7. The van der Waals surface area contributed by atoms with Crippen molar-refractivity contribution in [1.29, 1.82) is 0 Å². The van der Waals surface area contributed by atoms with E-state index < -0.39 is 0 Å². The lowest BCUT2D eigenvalue weighted by molar-refractivity contribution is 0.0791. The van der Waals surface area contributed by atoms with Gasteiger partial charge in [-0.05, 0) is 56.7 Å². The molecule has 0 bridgehead atoms. The number of aromatic nitrogens is 2. The van der Waals surface area contributed by atoms with Gasteiger partial charge in [-0.3, -0.25) is 14.7 Å². The number of benzene rings is 1. The standard InChI is InChI=1S/C24H30N4O2/c1-17(2)28-13-10-21(16-28)30-20-7-8-22-18(14-20)15-23(26-22)24(29)27(3)12-9-19-6-4-5-11-25-19/h4-8,11,14-15,17,21,26H,9-10,12-13,16H2,1-3H3. The fourth-order valence-electron chi connectivity index (χ4n) is 3.95. The molecule has 4 rings (SSSR count). The summed E-state index contributed by atoms with van der Waals surface area (Å²) in [6.45, 7) is 7.11. The molecule has 1 aliphatic rings. The van der Waals surface area contributed by atoms with E-state index in [0.29, 0.717) is 18.3 Å². The number of pyridine rings is 1. The molecule has 1 unspecified atom stereocenters. The molecule has 1 N–H and O–H groups in total. The van der Waals surface area contributed by atoms with E-state index in [1.165, 1.54) is 0 Å². The second-order valence-electron chi connectivity index (χ2n) is 8.35. The highest BCUT2D eigenvalue weighted by Gasteiger charge is 2.25. The maximum Gasteiger partial charge on any atom is 0.270 e. The average molecular weight is 407 g/mol. The molecule has 2 aromatic heterocycles. The van der Waals surface area contributed by atoms with Gasteiger partial charge in [0.25, 0.3) is 5.91 Å². The summed E-state index contributed by atoms with van der Waals surface area (Å²) in [5, 5.41) is 0.993. The number of hydrogen-bond acceptors (Lipinski definition) is 4. The van der Waals surface area contributed by atoms with Crippen molar-refractivity contribution in [1.82, 2.24) is 19.8 Å². The smallest absolute Gasteiger partial charge is 0.270 e. The summed E-state index contributed by atoms with van der Waals surface area (Å²) < 4.78 is 6.21. The number of carbonyl (C=O) groups excluding carboxylic acids is 1. The molecule has 1 aliphatic heterocycles. The highest BCUT2D eigenvalue weighted by Crippen LogP contribution is 2.25. The minimum absolute atomic E-state index is 0.0204. The fourth-order valence-corrected chi connectivity index (χ4v) is 3.95. The summed E-state index contributed by atoms with van der Waals surface area (Å²) in [7, 11) is 1.83. The molecule has 1 fully saturated rings. The van der Waals surface area contributed by atoms with E-state index in [-0.39, 0.29) is 12.0 Å². The summed E-state index contributed by atoms with van der Waals surface area (Å²) in [6, 6.07) is 14.3. The molecule has 3 aromatic rings. The van der Waals surface area contributed by atoms with Crippen LogP contribution in [-0.2, 0) is 6.42 Å². The number of nitrogens with one attached hydrogen (secondary N) is 1. The Balaban J connectivity index is 1.40. The van der Waals surface area contributed by atoms with E-state index >= 15 is 0 Å². The van der Waals surface area contributed by atoms with Crippen molar-refractivity contribution < 1.29 is 9.53 Å². The predicted octanol–water partition coefficient (Wildman–Crippen LogP) is 3.74. The Morgan fingerprint density at radius 3 is 2.90 bits per heavy atom. The monoisotopic (exact) mass is 406 g/mol. The number of likely N-dealkylation sites (tertiary alicyclic amines) is 1. The number of amides is 1. The highest BCUT2D eigenvalue weighted by molar-refractivity contribution is 5.98. The molecule has 1 saturated heterocycles. The Labute approximate surface area is 177 Å². The van der Waals surface area contributed by atoms with Crippen LogP contribution in [0.4, 0.5) is 0 Å². The molecule has 1 aromatic carbocycles. The summed E-state index contributed by atoms with van der Waals surface area (Å²) in [5.41, 5.74) is 2.52. The zero-order chi connectivity index (χ0) is 21.1. The third-order valence-corrected chi connectivity index (χ3v) is 5.81. The predicted molar refractivity (Wildman–Crippen MR) is 119 cm³/mol. The molecule has 0 saturated carbocycles. The summed E-state index contributed by atoms with van der Waals surface area (Å²) >= 11 is 0. The van der Waals surface area contributed by atoms with Gasteiger partial charge in [0, 0.05) is 61.9 Å². The van der Waals surface area contributed by atoms with Crippen LogP contribution in [0.25, 0.3) is 10.9 Å². The van der Waals surface area contributed by atoms with Crippen molar-refractivity contribution in [2.45, 2.75) is 38.8 Å². The van der Waals surface area contributed by atoms with Gasteiger partial charge in [-0.15, -0.1) is 0 Å². The molecule has 30 heavy (non-hydrogen) atoms. The van der Waals surface area contributed by atoms with E-state index in [4.69, 9.17) is 4.74 Å².